The highest BCUT2D eigenvalue weighted by Gasteiger charge is 2.00. The summed E-state index contributed by atoms with van der Waals surface area (Å²) in [6, 6.07) is 10.4. The topological polar surface area (TPSA) is 3.24 Å². The second-order valence-electron chi connectivity index (χ2n) is 3.41. The fourth-order valence-corrected chi connectivity index (χ4v) is 1.45. The molecule has 0 unspecified atom stereocenters. The van der Waals surface area contributed by atoms with E-state index >= 15 is 0 Å². The molecule has 0 N–H and O–H groups in total. The summed E-state index contributed by atoms with van der Waals surface area (Å²) in [5.74, 6) is 0. The molecule has 0 aromatic heterocycles. The molecule has 80 valence electrons. The third-order valence-corrected chi connectivity index (χ3v) is 2.20. The number of anilines is 1. The molecule has 1 nitrogen and oxygen atoms in total. The van der Waals surface area contributed by atoms with Crippen molar-refractivity contribution in [2.45, 2.75) is 13.3 Å². The van der Waals surface area contributed by atoms with Crippen LogP contribution in [0.25, 0.3) is 0 Å². The summed E-state index contributed by atoms with van der Waals surface area (Å²) in [5, 5.41) is 0. The van der Waals surface area contributed by atoms with Crippen LogP contribution in [0.5, 0.6) is 0 Å². The molecule has 0 heterocycles. The molecule has 0 atom stereocenters. The zero-order valence-corrected chi connectivity index (χ0v) is 9.39. The molecule has 0 aliphatic rings. The van der Waals surface area contributed by atoms with Crippen LogP contribution < -0.4 is 4.90 Å². The maximum absolute atomic E-state index is 3.79. The molecule has 0 aliphatic heterocycles. The van der Waals surface area contributed by atoms with Gasteiger partial charge < -0.3 is 4.90 Å². The van der Waals surface area contributed by atoms with E-state index < -0.39 is 0 Å². The van der Waals surface area contributed by atoms with Crippen LogP contribution in [-0.4, -0.2) is 13.1 Å². The number of para-hydroxylation sites is 1. The van der Waals surface area contributed by atoms with Gasteiger partial charge in [0, 0.05) is 18.8 Å². The minimum atomic E-state index is 0.887. The van der Waals surface area contributed by atoms with Gasteiger partial charge in [0.15, 0.2) is 0 Å². The first-order valence-corrected chi connectivity index (χ1v) is 5.44. The second kappa shape index (κ2) is 6.88. The lowest BCUT2D eigenvalue weighted by Crippen LogP contribution is -2.22. The van der Waals surface area contributed by atoms with E-state index in [4.69, 9.17) is 0 Å². The Kier molecular flexibility index (Phi) is 5.31. The molecule has 0 aliphatic carbocycles. The molecule has 0 radical (unpaired) electrons. The summed E-state index contributed by atoms with van der Waals surface area (Å²) in [6.07, 6.45) is 7.43. The maximum Gasteiger partial charge on any atom is 0.0371 e. The van der Waals surface area contributed by atoms with E-state index in [1.54, 1.807) is 0 Å². The molecule has 15 heavy (non-hydrogen) atoms. The van der Waals surface area contributed by atoms with Gasteiger partial charge in [0.05, 0.1) is 0 Å². The van der Waals surface area contributed by atoms with Crippen molar-refractivity contribution in [3.63, 3.8) is 0 Å². The average molecular weight is 201 g/mol. The van der Waals surface area contributed by atoms with Gasteiger partial charge in [-0.25, -0.2) is 0 Å². The number of rotatable bonds is 6. The zero-order valence-electron chi connectivity index (χ0n) is 9.39. The van der Waals surface area contributed by atoms with Crippen LogP contribution in [0.3, 0.4) is 0 Å². The third-order valence-electron chi connectivity index (χ3n) is 2.20. The molecule has 1 aromatic carbocycles. The highest BCUT2D eigenvalue weighted by Crippen LogP contribution is 2.12. The van der Waals surface area contributed by atoms with Crippen LogP contribution in [0.1, 0.15) is 13.3 Å². The number of allylic oxidation sites excluding steroid dienone is 1. The molecular weight excluding hydrogens is 182 g/mol. The van der Waals surface area contributed by atoms with Crippen molar-refractivity contribution in [2.24, 2.45) is 0 Å². The molecule has 0 saturated carbocycles. The molecular formula is C14H19N. The Morgan fingerprint density at radius 1 is 1.13 bits per heavy atom. The van der Waals surface area contributed by atoms with E-state index in [2.05, 4.69) is 54.8 Å². The standard InChI is InChI=1S/C14H19N/c1-3-5-9-13-15(12-4-2)14-10-7-6-8-11-14/h4-11H,2-3,12-13H2,1H3/b9-5+. The lowest BCUT2D eigenvalue weighted by atomic mass is 10.2. The van der Waals surface area contributed by atoms with Gasteiger partial charge in [-0.3, -0.25) is 0 Å². The van der Waals surface area contributed by atoms with Crippen molar-refractivity contribution in [2.75, 3.05) is 18.0 Å². The normalized spacial score (nSPS) is 10.5. The largest absolute Gasteiger partial charge is 0.364 e. The molecule has 1 aromatic rings. The first kappa shape index (κ1) is 11.6. The quantitative estimate of drug-likeness (QED) is 0.635. The highest BCUT2D eigenvalue weighted by molar-refractivity contribution is 5.47. The van der Waals surface area contributed by atoms with Crippen molar-refractivity contribution in [3.05, 3.63) is 55.1 Å². The van der Waals surface area contributed by atoms with Gasteiger partial charge in [-0.1, -0.05) is 43.4 Å². The average Bonchev–Trinajstić information content (AvgIpc) is 2.29. The van der Waals surface area contributed by atoms with E-state index in [1.165, 1.54) is 5.69 Å². The SMILES string of the molecule is C=CCN(C/C=C/CC)c1ccccc1. The summed E-state index contributed by atoms with van der Waals surface area (Å²) in [6.45, 7) is 7.77. The Hall–Kier alpha value is -1.50. The predicted molar refractivity (Wildman–Crippen MR) is 68.3 cm³/mol. The number of benzene rings is 1. The molecule has 0 bridgehead atoms. The van der Waals surface area contributed by atoms with Crippen LogP contribution in [0.2, 0.25) is 0 Å². The Bertz CT molecular complexity index is 300. The minimum Gasteiger partial charge on any atom is -0.364 e. The Balaban J connectivity index is 2.65. The second-order valence-corrected chi connectivity index (χ2v) is 3.41. The van der Waals surface area contributed by atoms with E-state index in [1.807, 2.05) is 12.1 Å². The fourth-order valence-electron chi connectivity index (χ4n) is 1.45. The van der Waals surface area contributed by atoms with Crippen molar-refractivity contribution in [1.82, 2.24) is 0 Å². The molecule has 1 heteroatoms. The summed E-state index contributed by atoms with van der Waals surface area (Å²) < 4.78 is 0. The van der Waals surface area contributed by atoms with Gasteiger partial charge in [-0.2, -0.15) is 0 Å². The number of nitrogens with zero attached hydrogens (tertiary/aromatic N) is 1. The van der Waals surface area contributed by atoms with Gasteiger partial charge >= 0.3 is 0 Å². The summed E-state index contributed by atoms with van der Waals surface area (Å²) >= 11 is 0. The molecule has 0 fully saturated rings. The van der Waals surface area contributed by atoms with E-state index in [0.717, 1.165) is 19.5 Å². The van der Waals surface area contributed by atoms with Gasteiger partial charge in [0.25, 0.3) is 0 Å². The number of hydrogen-bond acceptors (Lipinski definition) is 1. The van der Waals surface area contributed by atoms with Gasteiger partial charge in [-0.05, 0) is 18.6 Å². The van der Waals surface area contributed by atoms with Gasteiger partial charge in [0.1, 0.15) is 0 Å². The summed E-state index contributed by atoms with van der Waals surface area (Å²) in [4.78, 5) is 2.29. The number of hydrogen-bond donors (Lipinski definition) is 0. The smallest absolute Gasteiger partial charge is 0.0371 e. The summed E-state index contributed by atoms with van der Waals surface area (Å²) in [5.41, 5.74) is 1.25. The Morgan fingerprint density at radius 2 is 1.87 bits per heavy atom. The predicted octanol–water partition coefficient (Wildman–Crippen LogP) is 3.65. The van der Waals surface area contributed by atoms with Crippen molar-refractivity contribution in [1.29, 1.82) is 0 Å². The van der Waals surface area contributed by atoms with Crippen molar-refractivity contribution < 1.29 is 0 Å². The monoisotopic (exact) mass is 201 g/mol. The van der Waals surface area contributed by atoms with E-state index in [-0.39, 0.29) is 0 Å². The summed E-state index contributed by atoms with van der Waals surface area (Å²) in [7, 11) is 0. The molecule has 1 rings (SSSR count). The van der Waals surface area contributed by atoms with Crippen molar-refractivity contribution in [3.8, 4) is 0 Å². The fraction of sp³-hybridized carbons (Fsp3) is 0.286. The first-order valence-electron chi connectivity index (χ1n) is 5.44. The first-order chi connectivity index (χ1) is 7.38. The minimum absolute atomic E-state index is 0.887. The van der Waals surface area contributed by atoms with Crippen LogP contribution in [0.4, 0.5) is 5.69 Å². The Morgan fingerprint density at radius 3 is 2.47 bits per heavy atom. The van der Waals surface area contributed by atoms with Crippen molar-refractivity contribution >= 4 is 5.69 Å². The highest BCUT2D eigenvalue weighted by atomic mass is 15.1. The van der Waals surface area contributed by atoms with Crippen LogP contribution in [0.15, 0.2) is 55.1 Å². The molecule has 0 amide bonds. The zero-order chi connectivity index (χ0) is 10.9. The molecule has 0 spiro atoms. The Labute approximate surface area is 92.7 Å². The van der Waals surface area contributed by atoms with E-state index in [9.17, 15) is 0 Å². The lowest BCUT2D eigenvalue weighted by molar-refractivity contribution is 0.951. The van der Waals surface area contributed by atoms with Gasteiger partial charge in [-0.15, -0.1) is 6.58 Å². The maximum atomic E-state index is 3.79. The van der Waals surface area contributed by atoms with E-state index in [0.29, 0.717) is 0 Å². The van der Waals surface area contributed by atoms with Crippen LogP contribution >= 0.6 is 0 Å². The van der Waals surface area contributed by atoms with Crippen LogP contribution in [0, 0.1) is 0 Å². The molecule has 0 saturated heterocycles. The van der Waals surface area contributed by atoms with Gasteiger partial charge in [0.2, 0.25) is 0 Å². The lowest BCUT2D eigenvalue weighted by Gasteiger charge is -2.21. The third kappa shape index (κ3) is 4.03. The van der Waals surface area contributed by atoms with Crippen LogP contribution in [-0.2, 0) is 0 Å².